The first-order valence-corrected chi connectivity index (χ1v) is 17.2. The minimum atomic E-state index is -4.88. The average Bonchev–Trinajstić information content (AvgIpc) is 3.85. The van der Waals surface area contributed by atoms with Crippen LogP contribution in [0.1, 0.15) is 43.7 Å². The number of rotatable bonds is 8. The fourth-order valence-electron chi connectivity index (χ4n) is 7.96. The number of benzene rings is 2. The Morgan fingerprint density at radius 3 is 2.78 bits per heavy atom. The van der Waals surface area contributed by atoms with E-state index in [2.05, 4.69) is 16.5 Å². The molecule has 9 nitrogen and oxygen atoms in total. The predicted molar refractivity (Wildman–Crippen MR) is 181 cm³/mol. The zero-order valence-corrected chi connectivity index (χ0v) is 28.0. The molecule has 2 aromatic heterocycles. The summed E-state index contributed by atoms with van der Waals surface area (Å²) in [5.41, 5.74) is 4.13. The number of nitrogen functional groups attached to an aromatic ring is 1. The molecule has 3 saturated heterocycles. The minimum Gasteiger partial charge on any atom is -0.461 e. The maximum Gasteiger partial charge on any atom is 0.417 e. The minimum absolute atomic E-state index is 0.00890. The van der Waals surface area contributed by atoms with Crippen molar-refractivity contribution < 1.29 is 31.5 Å². The first kappa shape index (κ1) is 33.9. The molecule has 7 rings (SSSR count). The van der Waals surface area contributed by atoms with Crippen LogP contribution < -0.4 is 15.4 Å². The van der Waals surface area contributed by atoms with Crippen molar-refractivity contribution in [3.63, 3.8) is 0 Å². The summed E-state index contributed by atoms with van der Waals surface area (Å²) in [7, 11) is 0. The van der Waals surface area contributed by atoms with Crippen LogP contribution in [0.2, 0.25) is 0 Å². The molecule has 0 saturated carbocycles. The first-order valence-electron chi connectivity index (χ1n) is 16.4. The lowest BCUT2D eigenvalue weighted by Crippen LogP contribution is -2.43. The zero-order chi connectivity index (χ0) is 35.5. The van der Waals surface area contributed by atoms with E-state index in [1.165, 1.54) is 18.2 Å². The van der Waals surface area contributed by atoms with E-state index in [0.717, 1.165) is 42.9 Å². The molecule has 0 spiro atoms. The van der Waals surface area contributed by atoms with Gasteiger partial charge in [0.1, 0.15) is 35.5 Å². The number of halogens is 5. The number of thiophene rings is 1. The van der Waals surface area contributed by atoms with Crippen molar-refractivity contribution in [1.82, 2.24) is 19.8 Å². The van der Waals surface area contributed by atoms with Crippen LogP contribution in [0.15, 0.2) is 36.9 Å². The van der Waals surface area contributed by atoms with Crippen molar-refractivity contribution in [3.8, 4) is 23.2 Å². The van der Waals surface area contributed by atoms with Gasteiger partial charge in [0, 0.05) is 49.4 Å². The van der Waals surface area contributed by atoms with E-state index in [9.17, 15) is 18.8 Å². The number of nitrogens with zero attached hydrogens (tertiary/aromatic N) is 6. The number of aromatic nitrogens is 2. The Morgan fingerprint density at radius 1 is 1.26 bits per heavy atom. The van der Waals surface area contributed by atoms with Crippen molar-refractivity contribution in [2.45, 2.75) is 56.5 Å². The summed E-state index contributed by atoms with van der Waals surface area (Å²) in [6, 6.07) is 6.07. The van der Waals surface area contributed by atoms with Gasteiger partial charge < -0.3 is 20.3 Å². The van der Waals surface area contributed by atoms with E-state index in [-0.39, 0.29) is 73.1 Å². The van der Waals surface area contributed by atoms with Crippen molar-refractivity contribution >= 4 is 49.1 Å². The molecule has 3 aliphatic heterocycles. The number of hydrogen-bond acceptors (Lipinski definition) is 9. The average molecular weight is 712 g/mol. The van der Waals surface area contributed by atoms with Crippen LogP contribution in [0.5, 0.6) is 6.01 Å². The Hall–Kier alpha value is -4.55. The number of anilines is 2. The highest BCUT2D eigenvalue weighted by Gasteiger charge is 2.49. The lowest BCUT2D eigenvalue weighted by Gasteiger charge is -2.32. The molecule has 0 radical (unpaired) electrons. The number of carbonyl (C=O) groups excluding carboxylic acids is 1. The lowest BCUT2D eigenvalue weighted by atomic mass is 9.93. The molecule has 5 heterocycles. The number of likely N-dealkylation sites (tertiary alicyclic amines) is 1. The number of alkyl halides is 4. The first-order chi connectivity index (χ1) is 23.9. The van der Waals surface area contributed by atoms with E-state index < -0.39 is 29.3 Å². The van der Waals surface area contributed by atoms with E-state index in [1.54, 1.807) is 4.90 Å². The molecule has 3 aliphatic rings. The Morgan fingerprint density at radius 2 is 2.06 bits per heavy atom. The van der Waals surface area contributed by atoms with Crippen molar-refractivity contribution in [1.29, 1.82) is 5.26 Å². The second-order valence-corrected chi connectivity index (χ2v) is 14.1. The van der Waals surface area contributed by atoms with E-state index >= 15 is 13.2 Å². The highest BCUT2D eigenvalue weighted by molar-refractivity contribution is 7.23. The summed E-state index contributed by atoms with van der Waals surface area (Å²) < 4.78 is 80.7. The normalized spacial score (nSPS) is 22.3. The van der Waals surface area contributed by atoms with E-state index in [0.29, 0.717) is 39.0 Å². The molecule has 0 bridgehead atoms. The van der Waals surface area contributed by atoms with Crippen molar-refractivity contribution in [2.75, 3.05) is 50.0 Å². The number of carbonyl (C=O) groups is 1. The van der Waals surface area contributed by atoms with Crippen LogP contribution in [-0.4, -0.2) is 82.8 Å². The number of amides is 1. The van der Waals surface area contributed by atoms with Crippen LogP contribution in [0.4, 0.5) is 32.8 Å². The van der Waals surface area contributed by atoms with Gasteiger partial charge in [-0.25, -0.2) is 8.78 Å². The summed E-state index contributed by atoms with van der Waals surface area (Å²) in [5, 5.41) is 9.94. The third-order valence-corrected chi connectivity index (χ3v) is 11.3. The Balaban J connectivity index is 1.42. The number of nitrogens with two attached hydrogens (primary N) is 1. The molecule has 2 aromatic carbocycles. The number of fused-ring (bicyclic) bond motifs is 3. The molecule has 3 atom stereocenters. The van der Waals surface area contributed by atoms with Crippen LogP contribution >= 0.6 is 11.3 Å². The van der Waals surface area contributed by atoms with Gasteiger partial charge in [-0.2, -0.15) is 28.4 Å². The molecule has 2 N–H and O–H groups in total. The highest BCUT2D eigenvalue weighted by Crippen LogP contribution is 2.47. The van der Waals surface area contributed by atoms with Gasteiger partial charge in [-0.15, -0.1) is 11.3 Å². The van der Waals surface area contributed by atoms with Gasteiger partial charge in [0.15, 0.2) is 0 Å². The smallest absolute Gasteiger partial charge is 0.417 e. The largest absolute Gasteiger partial charge is 0.461 e. The van der Waals surface area contributed by atoms with Crippen molar-refractivity contribution in [2.24, 2.45) is 0 Å². The van der Waals surface area contributed by atoms with Crippen LogP contribution in [0.3, 0.4) is 0 Å². The number of likely N-dealkylation sites (N-methyl/N-ethyl adjacent to an activating group) is 1. The molecule has 0 aliphatic carbocycles. The van der Waals surface area contributed by atoms with Gasteiger partial charge in [-0.1, -0.05) is 12.6 Å². The fraction of sp³-hybridized carbons (Fsp3) is 0.429. The monoisotopic (exact) mass is 711 g/mol. The van der Waals surface area contributed by atoms with Crippen LogP contribution in [0.25, 0.3) is 32.1 Å². The van der Waals surface area contributed by atoms with E-state index in [4.69, 9.17) is 15.5 Å². The third-order valence-electron chi connectivity index (χ3n) is 10.3. The number of ether oxygens (including phenoxy) is 1. The standard InChI is InChI=1S/C35H34F5N7O2S/c1-3-28(48)45-11-8-20(17-45)47(4-2)32-23-12-25(35(38,39)40)22(21-6-7-26(37)30-29(21)24(15-41)31(42)50-30)13-27(23)43-33(44-32)49-18-34-9-5-10-46(34)16-19(36)14-34/h3,6-7,12-13,19-20H,1,4-5,8-11,14,16-18,42H2,2H3/t19-,20-,34+/m1/s1. The summed E-state index contributed by atoms with van der Waals surface area (Å²) in [5.74, 6) is -0.762. The maximum atomic E-state index is 15.0. The summed E-state index contributed by atoms with van der Waals surface area (Å²) >= 11 is 0.793. The Labute approximate surface area is 288 Å². The molecule has 1 amide bonds. The van der Waals surface area contributed by atoms with E-state index in [1.807, 2.05) is 17.9 Å². The lowest BCUT2D eigenvalue weighted by molar-refractivity contribution is -0.137. The third kappa shape index (κ3) is 5.68. The molecule has 4 aromatic rings. The van der Waals surface area contributed by atoms with Gasteiger partial charge >= 0.3 is 12.2 Å². The number of hydrogen-bond donors (Lipinski definition) is 1. The fourth-order valence-corrected chi connectivity index (χ4v) is 8.91. The predicted octanol–water partition coefficient (Wildman–Crippen LogP) is 6.69. The topological polar surface area (TPSA) is 112 Å². The SMILES string of the molecule is C=CC(=O)N1CC[C@@H](N(CC)c2nc(OC[C@@]34CCCN3C[C@H](F)C4)nc3cc(-c4ccc(F)c5sc(N)c(C#N)c45)c(C(F)(F)F)cc23)C1. The molecular formula is C35H34F5N7O2S. The highest BCUT2D eigenvalue weighted by atomic mass is 32.1. The Kier molecular flexibility index (Phi) is 8.58. The van der Waals surface area contributed by atoms with Gasteiger partial charge in [0.05, 0.1) is 26.9 Å². The van der Waals surface area contributed by atoms with Gasteiger partial charge in [0.2, 0.25) is 5.91 Å². The molecule has 262 valence electrons. The van der Waals surface area contributed by atoms with Gasteiger partial charge in [-0.3, -0.25) is 9.69 Å². The quantitative estimate of drug-likeness (QED) is 0.159. The van der Waals surface area contributed by atoms with Gasteiger partial charge in [0.25, 0.3) is 0 Å². The molecule has 3 fully saturated rings. The zero-order valence-electron chi connectivity index (χ0n) is 27.2. The van der Waals surface area contributed by atoms with Gasteiger partial charge in [-0.05, 0) is 68.1 Å². The molecule has 15 heteroatoms. The Bertz CT molecular complexity index is 2060. The molecule has 50 heavy (non-hydrogen) atoms. The summed E-state index contributed by atoms with van der Waals surface area (Å²) in [6.07, 6.45) is -2.18. The second kappa shape index (κ2) is 12.6. The molecular weight excluding hydrogens is 677 g/mol. The van der Waals surface area contributed by atoms with Crippen LogP contribution in [0, 0.1) is 17.1 Å². The second-order valence-electron chi connectivity index (χ2n) is 13.1. The molecule has 0 unspecified atom stereocenters. The van der Waals surface area contributed by atoms with Crippen LogP contribution in [-0.2, 0) is 11.0 Å². The van der Waals surface area contributed by atoms with Crippen molar-refractivity contribution in [3.05, 3.63) is 53.9 Å². The number of nitriles is 1. The maximum absolute atomic E-state index is 15.0. The summed E-state index contributed by atoms with van der Waals surface area (Å²) in [4.78, 5) is 27.3. The summed E-state index contributed by atoms with van der Waals surface area (Å²) in [6.45, 7) is 7.66.